The summed E-state index contributed by atoms with van der Waals surface area (Å²) in [6.07, 6.45) is 0. The summed E-state index contributed by atoms with van der Waals surface area (Å²) in [4.78, 5) is 12.3. The Balaban J connectivity index is 2.85. The molecular formula is C12H15BrN2OS. The van der Waals surface area contributed by atoms with Crippen molar-refractivity contribution in [1.82, 2.24) is 5.32 Å². The summed E-state index contributed by atoms with van der Waals surface area (Å²) in [5.74, 6) is -0.0112. The average molecular weight is 315 g/mol. The zero-order valence-corrected chi connectivity index (χ0v) is 12.1. The highest BCUT2D eigenvalue weighted by molar-refractivity contribution is 9.10. The van der Waals surface area contributed by atoms with Gasteiger partial charge in [0.15, 0.2) is 0 Å². The molecule has 3 N–H and O–H groups in total. The Morgan fingerprint density at radius 1 is 1.41 bits per heavy atom. The lowest BCUT2D eigenvalue weighted by Gasteiger charge is -2.21. The van der Waals surface area contributed by atoms with E-state index in [0.29, 0.717) is 10.6 Å². The van der Waals surface area contributed by atoms with Crippen molar-refractivity contribution in [3.05, 3.63) is 34.3 Å². The number of thiocarbonyl (C=S) groups is 1. The average Bonchev–Trinajstić information content (AvgIpc) is 2.25. The lowest BCUT2D eigenvalue weighted by molar-refractivity contribution is 0.0939. The maximum atomic E-state index is 12.0. The molecule has 1 unspecified atom stereocenters. The van der Waals surface area contributed by atoms with Gasteiger partial charge in [-0.05, 0) is 34.0 Å². The lowest BCUT2D eigenvalue weighted by atomic mass is 10.0. The molecule has 1 atom stereocenters. The van der Waals surface area contributed by atoms with Gasteiger partial charge in [0.25, 0.3) is 5.91 Å². The van der Waals surface area contributed by atoms with E-state index >= 15 is 0 Å². The van der Waals surface area contributed by atoms with Crippen LogP contribution in [-0.4, -0.2) is 16.9 Å². The fourth-order valence-corrected chi connectivity index (χ4v) is 2.23. The van der Waals surface area contributed by atoms with Crippen LogP contribution in [0.5, 0.6) is 0 Å². The van der Waals surface area contributed by atoms with Crippen LogP contribution in [0.3, 0.4) is 0 Å². The molecule has 0 fully saturated rings. The molecule has 1 amide bonds. The van der Waals surface area contributed by atoms with Gasteiger partial charge in [0.2, 0.25) is 0 Å². The summed E-state index contributed by atoms with van der Waals surface area (Å²) >= 11 is 8.28. The molecule has 0 aliphatic carbocycles. The van der Waals surface area contributed by atoms with E-state index in [1.54, 1.807) is 6.07 Å². The fourth-order valence-electron chi connectivity index (χ4n) is 1.43. The predicted molar refractivity (Wildman–Crippen MR) is 77.0 cm³/mol. The maximum Gasteiger partial charge on any atom is 0.252 e. The molecule has 0 bridgehead atoms. The van der Waals surface area contributed by atoms with E-state index in [0.717, 1.165) is 4.47 Å². The zero-order valence-electron chi connectivity index (χ0n) is 9.74. The first kappa shape index (κ1) is 14.1. The second-order valence-corrected chi connectivity index (χ2v) is 5.40. The third-order valence-corrected chi connectivity index (χ3v) is 3.32. The van der Waals surface area contributed by atoms with Crippen molar-refractivity contribution in [1.29, 1.82) is 0 Å². The first-order valence-corrected chi connectivity index (χ1v) is 6.48. The minimum Gasteiger partial charge on any atom is -0.392 e. The molecule has 0 aliphatic rings. The normalized spacial score (nSPS) is 12.2. The number of amides is 1. The molecular weight excluding hydrogens is 300 g/mol. The van der Waals surface area contributed by atoms with Crippen molar-refractivity contribution >= 4 is 39.0 Å². The molecule has 0 saturated heterocycles. The minimum atomic E-state index is -0.287. The number of nitrogens with two attached hydrogens (primary N) is 1. The molecule has 5 heteroatoms. The van der Waals surface area contributed by atoms with E-state index in [2.05, 4.69) is 21.2 Å². The van der Waals surface area contributed by atoms with Crippen LogP contribution in [0.1, 0.15) is 24.2 Å². The van der Waals surface area contributed by atoms with E-state index in [1.165, 1.54) is 0 Å². The van der Waals surface area contributed by atoms with Crippen LogP contribution in [0.4, 0.5) is 0 Å². The molecule has 0 radical (unpaired) electrons. The molecule has 0 aromatic heterocycles. The van der Waals surface area contributed by atoms with E-state index in [9.17, 15) is 4.79 Å². The highest BCUT2D eigenvalue weighted by Crippen LogP contribution is 2.16. The molecule has 0 saturated carbocycles. The first-order valence-electron chi connectivity index (χ1n) is 5.28. The van der Waals surface area contributed by atoms with E-state index in [1.807, 2.05) is 32.0 Å². The van der Waals surface area contributed by atoms with Gasteiger partial charge in [0, 0.05) is 4.47 Å². The first-order chi connectivity index (χ1) is 7.93. The Labute approximate surface area is 115 Å². The Hall–Kier alpha value is -0.940. The van der Waals surface area contributed by atoms with Gasteiger partial charge in [-0.1, -0.05) is 38.2 Å². The number of halogens is 1. The van der Waals surface area contributed by atoms with Gasteiger partial charge in [-0.15, -0.1) is 0 Å². The standard InChI is InChI=1S/C12H15BrN2OS/c1-7(2)10(11(14)17)15-12(16)8-5-3-4-6-9(8)13/h3-7,10H,1-2H3,(H2,14,17)(H,15,16). The van der Waals surface area contributed by atoms with Crippen molar-refractivity contribution in [2.45, 2.75) is 19.9 Å². The van der Waals surface area contributed by atoms with Crippen LogP contribution < -0.4 is 11.1 Å². The topological polar surface area (TPSA) is 55.1 Å². The van der Waals surface area contributed by atoms with Crippen LogP contribution in [0, 0.1) is 5.92 Å². The van der Waals surface area contributed by atoms with Gasteiger partial charge in [-0.3, -0.25) is 4.79 Å². The van der Waals surface area contributed by atoms with Gasteiger partial charge in [-0.2, -0.15) is 0 Å². The zero-order chi connectivity index (χ0) is 13.0. The van der Waals surface area contributed by atoms with Crippen LogP contribution in [0.2, 0.25) is 0 Å². The minimum absolute atomic E-state index is 0.166. The third kappa shape index (κ3) is 3.78. The summed E-state index contributed by atoms with van der Waals surface area (Å²) in [7, 11) is 0. The molecule has 1 aromatic rings. The molecule has 1 aromatic carbocycles. The monoisotopic (exact) mass is 314 g/mol. The summed E-state index contributed by atoms with van der Waals surface area (Å²) in [5, 5.41) is 2.84. The van der Waals surface area contributed by atoms with Crippen molar-refractivity contribution < 1.29 is 4.79 Å². The van der Waals surface area contributed by atoms with E-state index < -0.39 is 0 Å². The van der Waals surface area contributed by atoms with E-state index in [-0.39, 0.29) is 17.9 Å². The summed E-state index contributed by atoms with van der Waals surface area (Å²) in [6, 6.07) is 6.94. The van der Waals surface area contributed by atoms with Gasteiger partial charge in [0.05, 0.1) is 16.6 Å². The number of rotatable bonds is 4. The van der Waals surface area contributed by atoms with Crippen molar-refractivity contribution in [3.63, 3.8) is 0 Å². The maximum absolute atomic E-state index is 12.0. The third-order valence-electron chi connectivity index (χ3n) is 2.38. The number of carbonyl (C=O) groups is 1. The Morgan fingerprint density at radius 3 is 2.47 bits per heavy atom. The Kier molecular flexibility index (Phi) is 5.08. The van der Waals surface area contributed by atoms with E-state index in [4.69, 9.17) is 18.0 Å². The lowest BCUT2D eigenvalue weighted by Crippen LogP contribution is -2.46. The quantitative estimate of drug-likeness (QED) is 0.839. The van der Waals surface area contributed by atoms with Gasteiger partial charge in [0.1, 0.15) is 0 Å². The number of nitrogens with one attached hydrogen (secondary N) is 1. The number of hydrogen-bond acceptors (Lipinski definition) is 2. The molecule has 0 spiro atoms. The molecule has 92 valence electrons. The van der Waals surface area contributed by atoms with Crippen molar-refractivity contribution in [2.24, 2.45) is 11.7 Å². The van der Waals surface area contributed by atoms with Gasteiger partial charge >= 0.3 is 0 Å². The van der Waals surface area contributed by atoms with Crippen LogP contribution in [0.25, 0.3) is 0 Å². The van der Waals surface area contributed by atoms with Crippen LogP contribution >= 0.6 is 28.1 Å². The second-order valence-electron chi connectivity index (χ2n) is 4.08. The number of carbonyl (C=O) groups excluding carboxylic acids is 1. The summed E-state index contributed by atoms with van der Waals surface area (Å²) in [5.41, 5.74) is 6.19. The Morgan fingerprint density at radius 2 is 2.00 bits per heavy atom. The highest BCUT2D eigenvalue weighted by Gasteiger charge is 2.20. The molecule has 17 heavy (non-hydrogen) atoms. The molecule has 1 rings (SSSR count). The smallest absolute Gasteiger partial charge is 0.252 e. The van der Waals surface area contributed by atoms with Gasteiger partial charge < -0.3 is 11.1 Å². The summed E-state index contributed by atoms with van der Waals surface area (Å²) < 4.78 is 0.753. The van der Waals surface area contributed by atoms with Crippen molar-refractivity contribution in [2.75, 3.05) is 0 Å². The van der Waals surface area contributed by atoms with Crippen LogP contribution in [0.15, 0.2) is 28.7 Å². The summed E-state index contributed by atoms with van der Waals surface area (Å²) in [6.45, 7) is 3.92. The molecule has 0 aliphatic heterocycles. The SMILES string of the molecule is CC(C)C(NC(=O)c1ccccc1Br)C(N)=S. The van der Waals surface area contributed by atoms with Gasteiger partial charge in [-0.25, -0.2) is 0 Å². The molecule has 0 heterocycles. The number of hydrogen-bond donors (Lipinski definition) is 2. The highest BCUT2D eigenvalue weighted by atomic mass is 79.9. The number of benzene rings is 1. The molecule has 3 nitrogen and oxygen atoms in total. The second kappa shape index (κ2) is 6.12. The Bertz CT molecular complexity index is 434. The fraction of sp³-hybridized carbons (Fsp3) is 0.333. The largest absolute Gasteiger partial charge is 0.392 e. The van der Waals surface area contributed by atoms with Crippen molar-refractivity contribution in [3.8, 4) is 0 Å². The van der Waals surface area contributed by atoms with Crippen LogP contribution in [-0.2, 0) is 0 Å². The predicted octanol–water partition coefficient (Wildman–Crippen LogP) is 2.49.